The molecule has 126 valence electrons. The fraction of sp³-hybridized carbons (Fsp3) is 0.0400. The molecule has 6 rings (SSSR count). The molecule has 1 aromatic heterocycles. The van der Waals surface area contributed by atoms with Gasteiger partial charge in [0.2, 0.25) is 6.71 Å². The Balaban J connectivity index is 1.85. The summed E-state index contributed by atoms with van der Waals surface area (Å²) in [6.45, 7) is 2.49. The standard InChI is InChI=1S/C25H18BN/c1-17-9-2-4-12-20(17)26-21-13-5-7-16-24(21)27-23-15-6-3-10-18(23)19-11-8-14-22(26)25(19)27/h2-16H,1H3. The van der Waals surface area contributed by atoms with Gasteiger partial charge in [-0.3, -0.25) is 0 Å². The van der Waals surface area contributed by atoms with Crippen LogP contribution in [0.3, 0.4) is 0 Å². The molecule has 0 unspecified atom stereocenters. The van der Waals surface area contributed by atoms with Crippen LogP contribution < -0.4 is 16.4 Å². The maximum absolute atomic E-state index is 2.46. The minimum atomic E-state index is 0.267. The smallest absolute Gasteiger partial charge is 0.247 e. The van der Waals surface area contributed by atoms with E-state index in [4.69, 9.17) is 0 Å². The van der Waals surface area contributed by atoms with E-state index in [0.29, 0.717) is 0 Å². The van der Waals surface area contributed by atoms with Gasteiger partial charge in [-0.15, -0.1) is 0 Å². The third-order valence-corrected chi connectivity index (χ3v) is 6.03. The second-order valence-electron chi connectivity index (χ2n) is 7.44. The summed E-state index contributed by atoms with van der Waals surface area (Å²) in [4.78, 5) is 0. The van der Waals surface area contributed by atoms with Crippen LogP contribution in [0.2, 0.25) is 0 Å². The molecular weight excluding hydrogens is 325 g/mol. The van der Waals surface area contributed by atoms with Gasteiger partial charge in [0.15, 0.2) is 0 Å². The third-order valence-electron chi connectivity index (χ3n) is 6.03. The summed E-state index contributed by atoms with van der Waals surface area (Å²) < 4.78 is 2.46. The lowest BCUT2D eigenvalue weighted by Gasteiger charge is -2.27. The van der Waals surface area contributed by atoms with Gasteiger partial charge in [0.1, 0.15) is 0 Å². The lowest BCUT2D eigenvalue weighted by atomic mass is 9.35. The number of fused-ring (bicyclic) bond motifs is 5. The summed E-state index contributed by atoms with van der Waals surface area (Å²) in [5.74, 6) is 0. The Labute approximate surface area is 159 Å². The highest BCUT2D eigenvalue weighted by atomic mass is 15.0. The van der Waals surface area contributed by atoms with Crippen molar-refractivity contribution in [2.45, 2.75) is 6.92 Å². The van der Waals surface area contributed by atoms with E-state index in [9.17, 15) is 0 Å². The molecule has 4 aromatic carbocycles. The number of nitrogens with zero attached hydrogens (tertiary/aromatic N) is 1. The van der Waals surface area contributed by atoms with Crippen molar-refractivity contribution < 1.29 is 0 Å². The molecule has 0 spiro atoms. The maximum Gasteiger partial charge on any atom is 0.247 e. The number of hydrogen-bond donors (Lipinski definition) is 0. The highest BCUT2D eigenvalue weighted by molar-refractivity contribution is 6.98. The quantitative estimate of drug-likeness (QED) is 0.399. The van der Waals surface area contributed by atoms with Gasteiger partial charge in [-0.2, -0.15) is 0 Å². The summed E-state index contributed by atoms with van der Waals surface area (Å²) >= 11 is 0. The number of aromatic nitrogens is 1. The van der Waals surface area contributed by atoms with Gasteiger partial charge in [0.25, 0.3) is 0 Å². The first kappa shape index (κ1) is 14.9. The Hall–Kier alpha value is -3.26. The zero-order valence-electron chi connectivity index (χ0n) is 15.2. The molecule has 27 heavy (non-hydrogen) atoms. The van der Waals surface area contributed by atoms with Crippen molar-refractivity contribution in [2.24, 2.45) is 0 Å². The van der Waals surface area contributed by atoms with Crippen LogP contribution in [-0.2, 0) is 0 Å². The summed E-state index contributed by atoms with van der Waals surface area (Å²) in [7, 11) is 0. The van der Waals surface area contributed by atoms with Crippen LogP contribution in [0.15, 0.2) is 91.0 Å². The van der Waals surface area contributed by atoms with Crippen molar-refractivity contribution in [1.82, 2.24) is 4.57 Å². The molecule has 0 bridgehead atoms. The first-order valence-corrected chi connectivity index (χ1v) is 9.51. The summed E-state index contributed by atoms with van der Waals surface area (Å²) in [5, 5.41) is 2.67. The Kier molecular flexibility index (Phi) is 2.96. The van der Waals surface area contributed by atoms with E-state index in [1.807, 2.05) is 0 Å². The average Bonchev–Trinajstić information content (AvgIpc) is 3.06. The minimum Gasteiger partial charge on any atom is -0.310 e. The fourth-order valence-corrected chi connectivity index (χ4v) is 4.88. The first-order valence-electron chi connectivity index (χ1n) is 9.51. The zero-order chi connectivity index (χ0) is 18.0. The first-order chi connectivity index (χ1) is 13.3. The molecule has 1 aliphatic heterocycles. The zero-order valence-corrected chi connectivity index (χ0v) is 15.2. The van der Waals surface area contributed by atoms with E-state index in [1.165, 1.54) is 49.4 Å². The van der Waals surface area contributed by atoms with Crippen molar-refractivity contribution in [3.63, 3.8) is 0 Å². The van der Waals surface area contributed by atoms with Crippen LogP contribution in [0.25, 0.3) is 27.5 Å². The van der Waals surface area contributed by atoms with E-state index >= 15 is 0 Å². The van der Waals surface area contributed by atoms with Gasteiger partial charge in [-0.25, -0.2) is 0 Å². The summed E-state index contributed by atoms with van der Waals surface area (Å²) in [6, 6.07) is 33.2. The number of para-hydroxylation sites is 3. The normalized spacial score (nSPS) is 12.6. The largest absolute Gasteiger partial charge is 0.310 e. The Morgan fingerprint density at radius 3 is 2.15 bits per heavy atom. The van der Waals surface area contributed by atoms with Crippen LogP contribution in [0.5, 0.6) is 0 Å². The highest BCUT2D eigenvalue weighted by Crippen LogP contribution is 2.32. The third kappa shape index (κ3) is 1.90. The Morgan fingerprint density at radius 1 is 0.593 bits per heavy atom. The summed E-state index contributed by atoms with van der Waals surface area (Å²) in [6.07, 6.45) is 0. The van der Waals surface area contributed by atoms with Crippen molar-refractivity contribution in [1.29, 1.82) is 0 Å². The molecule has 0 saturated carbocycles. The second kappa shape index (κ2) is 5.37. The molecule has 0 amide bonds. The second-order valence-corrected chi connectivity index (χ2v) is 7.44. The molecule has 0 atom stereocenters. The number of aryl methyl sites for hydroxylation is 1. The predicted molar refractivity (Wildman–Crippen MR) is 117 cm³/mol. The fourth-order valence-electron chi connectivity index (χ4n) is 4.88. The van der Waals surface area contributed by atoms with Crippen LogP contribution in [-0.4, -0.2) is 11.3 Å². The average molecular weight is 343 g/mol. The lowest BCUT2D eigenvalue weighted by molar-refractivity contribution is 1.19. The van der Waals surface area contributed by atoms with Crippen LogP contribution in [0, 0.1) is 6.92 Å². The van der Waals surface area contributed by atoms with E-state index < -0.39 is 0 Å². The minimum absolute atomic E-state index is 0.267. The molecule has 2 heterocycles. The van der Waals surface area contributed by atoms with E-state index in [0.717, 1.165) is 0 Å². The highest BCUT2D eigenvalue weighted by Gasteiger charge is 2.33. The van der Waals surface area contributed by atoms with Gasteiger partial charge in [-0.1, -0.05) is 89.9 Å². The van der Waals surface area contributed by atoms with Gasteiger partial charge in [0, 0.05) is 22.0 Å². The van der Waals surface area contributed by atoms with E-state index in [1.54, 1.807) is 0 Å². The molecule has 0 N–H and O–H groups in total. The maximum atomic E-state index is 2.46. The topological polar surface area (TPSA) is 4.93 Å². The van der Waals surface area contributed by atoms with Gasteiger partial charge < -0.3 is 4.57 Å². The Morgan fingerprint density at radius 2 is 1.26 bits per heavy atom. The number of benzene rings is 4. The van der Waals surface area contributed by atoms with E-state index in [2.05, 4.69) is 102 Å². The van der Waals surface area contributed by atoms with Crippen LogP contribution in [0.4, 0.5) is 0 Å². The van der Waals surface area contributed by atoms with Crippen LogP contribution in [0.1, 0.15) is 5.56 Å². The van der Waals surface area contributed by atoms with Gasteiger partial charge in [-0.05, 0) is 30.0 Å². The molecule has 0 fully saturated rings. The van der Waals surface area contributed by atoms with Crippen molar-refractivity contribution in [3.8, 4) is 5.69 Å². The molecule has 5 aromatic rings. The molecule has 0 aliphatic carbocycles. The molecule has 0 saturated heterocycles. The molecule has 1 aliphatic rings. The SMILES string of the molecule is Cc1ccccc1B1c2ccccc2-n2c3ccccc3c3cccc1c32. The molecule has 2 heteroatoms. The molecular formula is C25H18BN. The van der Waals surface area contributed by atoms with Gasteiger partial charge in [0.05, 0.1) is 5.52 Å². The van der Waals surface area contributed by atoms with Crippen molar-refractivity contribution >= 4 is 44.9 Å². The molecule has 1 nitrogen and oxygen atoms in total. The van der Waals surface area contributed by atoms with E-state index in [-0.39, 0.29) is 6.71 Å². The van der Waals surface area contributed by atoms with Crippen molar-refractivity contribution in [2.75, 3.05) is 0 Å². The van der Waals surface area contributed by atoms with Gasteiger partial charge >= 0.3 is 0 Å². The number of hydrogen-bond acceptors (Lipinski definition) is 0. The monoisotopic (exact) mass is 343 g/mol. The predicted octanol–water partition coefficient (Wildman–Crippen LogP) is 3.92. The lowest BCUT2D eigenvalue weighted by Crippen LogP contribution is -2.56. The molecule has 0 radical (unpaired) electrons. The van der Waals surface area contributed by atoms with Crippen LogP contribution >= 0.6 is 0 Å². The summed E-state index contributed by atoms with van der Waals surface area (Å²) in [5.41, 5.74) is 9.47. The van der Waals surface area contributed by atoms with Crippen molar-refractivity contribution in [3.05, 3.63) is 96.6 Å². The number of rotatable bonds is 1. The Bertz CT molecular complexity index is 1350.